The molecule has 0 radical (unpaired) electrons. The lowest BCUT2D eigenvalue weighted by molar-refractivity contribution is -0.0481. The van der Waals surface area contributed by atoms with E-state index in [1.54, 1.807) is 0 Å². The van der Waals surface area contributed by atoms with Gasteiger partial charge in [0.1, 0.15) is 6.17 Å². The molecule has 0 nitrogen and oxygen atoms in total. The summed E-state index contributed by atoms with van der Waals surface area (Å²) >= 11 is 6.23. The van der Waals surface area contributed by atoms with E-state index >= 15 is 0 Å². The molecule has 0 aliphatic heterocycles. The molecule has 68 valence electrons. The number of alkyl halides is 2. The third-order valence-corrected chi connectivity index (χ3v) is 4.88. The van der Waals surface area contributed by atoms with Crippen molar-refractivity contribution in [2.75, 3.05) is 0 Å². The summed E-state index contributed by atoms with van der Waals surface area (Å²) < 4.78 is 13.7. The third-order valence-electron chi connectivity index (χ3n) is 4.20. The molecule has 4 rings (SSSR count). The van der Waals surface area contributed by atoms with Gasteiger partial charge in [-0.05, 0) is 43.4 Å². The van der Waals surface area contributed by atoms with Crippen LogP contribution in [0.3, 0.4) is 0 Å². The fourth-order valence-electron chi connectivity index (χ4n) is 3.77. The monoisotopic (exact) mass is 188 g/mol. The summed E-state index contributed by atoms with van der Waals surface area (Å²) in [6, 6.07) is 0. The minimum atomic E-state index is -0.569. The van der Waals surface area contributed by atoms with Crippen molar-refractivity contribution in [1.82, 2.24) is 0 Å². The Morgan fingerprint density at radius 3 is 2.58 bits per heavy atom. The number of hydrogen-bond acceptors (Lipinski definition) is 0. The minimum absolute atomic E-state index is 0.160. The van der Waals surface area contributed by atoms with E-state index in [0.717, 1.165) is 25.2 Å². The van der Waals surface area contributed by atoms with Crippen LogP contribution in [0.25, 0.3) is 0 Å². The van der Waals surface area contributed by atoms with Gasteiger partial charge in [-0.2, -0.15) is 0 Å². The highest BCUT2D eigenvalue weighted by atomic mass is 35.5. The molecule has 0 aromatic rings. The van der Waals surface area contributed by atoms with E-state index in [0.29, 0.717) is 11.8 Å². The zero-order valence-corrected chi connectivity index (χ0v) is 7.80. The van der Waals surface area contributed by atoms with Crippen molar-refractivity contribution in [1.29, 1.82) is 0 Å². The average Bonchev–Trinajstić information content (AvgIpc) is 2.07. The van der Waals surface area contributed by atoms with Crippen molar-refractivity contribution in [2.24, 2.45) is 23.7 Å². The Morgan fingerprint density at radius 2 is 1.75 bits per heavy atom. The Bertz CT molecular complexity index is 188. The highest BCUT2D eigenvalue weighted by molar-refractivity contribution is 6.21. The standard InChI is InChI=1S/C10H14ClF/c11-9-6-1-5-2-7(4-6)10(12)8(9)3-5/h5-10H,1-4H2/t5?,6?,7?,8?,9-,10+/m0/s1. The van der Waals surface area contributed by atoms with Crippen LogP contribution in [0, 0.1) is 23.7 Å². The Balaban J connectivity index is 1.93. The van der Waals surface area contributed by atoms with Gasteiger partial charge < -0.3 is 0 Å². The van der Waals surface area contributed by atoms with E-state index in [4.69, 9.17) is 11.6 Å². The SMILES string of the molecule is F[C@@H]1C2CC3CC(C2)[C@H](Cl)C1C3. The van der Waals surface area contributed by atoms with Gasteiger partial charge >= 0.3 is 0 Å². The fourth-order valence-corrected chi connectivity index (χ4v) is 4.21. The highest BCUT2D eigenvalue weighted by Gasteiger charge is 2.53. The van der Waals surface area contributed by atoms with Crippen LogP contribution in [0.5, 0.6) is 0 Å². The Hall–Kier alpha value is 0.220. The first-order chi connectivity index (χ1) is 5.75. The molecule has 12 heavy (non-hydrogen) atoms. The molecule has 0 aromatic carbocycles. The van der Waals surface area contributed by atoms with Crippen molar-refractivity contribution < 1.29 is 4.39 Å². The molecule has 0 spiro atoms. The summed E-state index contributed by atoms with van der Waals surface area (Å²) in [5.74, 6) is 2.06. The van der Waals surface area contributed by atoms with Crippen molar-refractivity contribution in [2.45, 2.75) is 37.2 Å². The van der Waals surface area contributed by atoms with E-state index in [1.165, 1.54) is 6.42 Å². The summed E-state index contributed by atoms with van der Waals surface area (Å²) in [6.45, 7) is 0. The van der Waals surface area contributed by atoms with Crippen LogP contribution < -0.4 is 0 Å². The van der Waals surface area contributed by atoms with E-state index in [2.05, 4.69) is 0 Å². The topological polar surface area (TPSA) is 0 Å². The van der Waals surface area contributed by atoms with E-state index in [9.17, 15) is 4.39 Å². The molecule has 4 aliphatic rings. The van der Waals surface area contributed by atoms with E-state index in [1.807, 2.05) is 0 Å². The maximum absolute atomic E-state index is 13.7. The summed E-state index contributed by atoms with van der Waals surface area (Å²) in [4.78, 5) is 0. The third kappa shape index (κ3) is 0.837. The van der Waals surface area contributed by atoms with Gasteiger partial charge in [0.2, 0.25) is 0 Å². The first-order valence-corrected chi connectivity index (χ1v) is 5.47. The van der Waals surface area contributed by atoms with Gasteiger partial charge in [0.25, 0.3) is 0 Å². The van der Waals surface area contributed by atoms with Crippen LogP contribution >= 0.6 is 11.6 Å². The second kappa shape index (κ2) is 2.37. The summed E-state index contributed by atoms with van der Waals surface area (Å²) in [5.41, 5.74) is 0. The summed E-state index contributed by atoms with van der Waals surface area (Å²) in [7, 11) is 0. The molecule has 0 N–H and O–H groups in total. The zero-order chi connectivity index (χ0) is 8.29. The lowest BCUT2D eigenvalue weighted by Crippen LogP contribution is -2.52. The number of rotatable bonds is 0. The van der Waals surface area contributed by atoms with Crippen LogP contribution in [0.1, 0.15) is 25.7 Å². The minimum Gasteiger partial charge on any atom is -0.247 e. The van der Waals surface area contributed by atoms with Gasteiger partial charge in [-0.3, -0.25) is 0 Å². The molecule has 4 unspecified atom stereocenters. The Morgan fingerprint density at radius 1 is 1.00 bits per heavy atom. The van der Waals surface area contributed by atoms with Gasteiger partial charge in [0, 0.05) is 11.3 Å². The first-order valence-electron chi connectivity index (χ1n) is 5.04. The predicted molar refractivity (Wildman–Crippen MR) is 47.0 cm³/mol. The average molecular weight is 189 g/mol. The molecule has 4 fully saturated rings. The van der Waals surface area contributed by atoms with Crippen LogP contribution in [-0.2, 0) is 0 Å². The molecule has 2 heteroatoms. The fraction of sp³-hybridized carbons (Fsp3) is 1.00. The largest absolute Gasteiger partial charge is 0.247 e. The molecule has 0 heterocycles. The molecule has 0 aromatic heterocycles. The number of halogens is 2. The van der Waals surface area contributed by atoms with Crippen LogP contribution in [0.2, 0.25) is 0 Å². The van der Waals surface area contributed by atoms with E-state index < -0.39 is 6.17 Å². The van der Waals surface area contributed by atoms with Crippen molar-refractivity contribution in [3.63, 3.8) is 0 Å². The molecule has 4 saturated carbocycles. The highest BCUT2D eigenvalue weighted by Crippen LogP contribution is 2.56. The molecule has 4 aliphatic carbocycles. The molecular weight excluding hydrogens is 175 g/mol. The number of hydrogen-bond donors (Lipinski definition) is 0. The lowest BCUT2D eigenvalue weighted by Gasteiger charge is -2.54. The Labute approximate surface area is 77.5 Å². The second-order valence-corrected chi connectivity index (χ2v) is 5.39. The molecule has 0 amide bonds. The smallest absolute Gasteiger partial charge is 0.107 e. The van der Waals surface area contributed by atoms with Crippen molar-refractivity contribution in [3.05, 3.63) is 0 Å². The normalized spacial score (nSPS) is 62.5. The van der Waals surface area contributed by atoms with Crippen LogP contribution in [0.15, 0.2) is 0 Å². The predicted octanol–water partition coefficient (Wildman–Crippen LogP) is 3.00. The van der Waals surface area contributed by atoms with Gasteiger partial charge in [0.15, 0.2) is 0 Å². The van der Waals surface area contributed by atoms with E-state index in [-0.39, 0.29) is 11.3 Å². The van der Waals surface area contributed by atoms with Gasteiger partial charge in [-0.1, -0.05) is 0 Å². The van der Waals surface area contributed by atoms with Gasteiger partial charge in [-0.15, -0.1) is 11.6 Å². The molecular formula is C10H14ClF. The maximum Gasteiger partial charge on any atom is 0.107 e. The Kier molecular flexibility index (Phi) is 1.50. The quantitative estimate of drug-likeness (QED) is 0.513. The van der Waals surface area contributed by atoms with Crippen LogP contribution in [-0.4, -0.2) is 11.5 Å². The van der Waals surface area contributed by atoms with Gasteiger partial charge in [0.05, 0.1) is 0 Å². The maximum atomic E-state index is 13.7. The summed E-state index contributed by atoms with van der Waals surface area (Å²) in [6.07, 6.45) is 4.01. The molecule has 0 saturated heterocycles. The second-order valence-electron chi connectivity index (χ2n) is 4.88. The molecule has 6 atom stereocenters. The first kappa shape index (κ1) is 7.61. The zero-order valence-electron chi connectivity index (χ0n) is 7.05. The molecule has 4 bridgehead atoms. The van der Waals surface area contributed by atoms with Crippen molar-refractivity contribution >= 4 is 11.6 Å². The summed E-state index contributed by atoms with van der Waals surface area (Å²) in [5, 5.41) is 0.160. The van der Waals surface area contributed by atoms with Gasteiger partial charge in [-0.25, -0.2) is 4.39 Å². The van der Waals surface area contributed by atoms with Crippen molar-refractivity contribution in [3.8, 4) is 0 Å². The van der Waals surface area contributed by atoms with Crippen LogP contribution in [0.4, 0.5) is 4.39 Å². The lowest BCUT2D eigenvalue weighted by atomic mass is 9.55.